The van der Waals surface area contributed by atoms with Crippen LogP contribution in [-0.2, 0) is 4.79 Å². The number of likely N-dealkylation sites (N-methyl/N-ethyl adjacent to an activating group) is 1. The van der Waals surface area contributed by atoms with Gasteiger partial charge in [0.05, 0.1) is 10.6 Å². The third-order valence-corrected chi connectivity index (χ3v) is 5.15. The number of nitro benzene ring substituents is 1. The van der Waals surface area contributed by atoms with E-state index in [9.17, 15) is 14.9 Å². The van der Waals surface area contributed by atoms with Crippen molar-refractivity contribution in [3.8, 4) is 0 Å². The Morgan fingerprint density at radius 2 is 1.93 bits per heavy atom. The SMILES string of the molecule is CCN1CCN(C(=O)CCCCCNc2ccc([N+](=O)[O-])c3nonc23)CC1. The molecule has 2 heterocycles. The van der Waals surface area contributed by atoms with E-state index < -0.39 is 4.92 Å². The molecular formula is C18H26N6O4. The van der Waals surface area contributed by atoms with Gasteiger partial charge >= 0.3 is 5.69 Å². The molecule has 10 nitrogen and oxygen atoms in total. The summed E-state index contributed by atoms with van der Waals surface area (Å²) in [6, 6.07) is 3.01. The number of aromatic nitrogens is 2. The van der Waals surface area contributed by atoms with Crippen molar-refractivity contribution in [2.24, 2.45) is 0 Å². The fraction of sp³-hybridized carbons (Fsp3) is 0.611. The Morgan fingerprint density at radius 1 is 1.18 bits per heavy atom. The number of piperazine rings is 1. The zero-order valence-corrected chi connectivity index (χ0v) is 16.1. The minimum absolute atomic E-state index is 0.125. The standard InChI is InChI=1S/C18H26N6O4/c1-2-22-10-12-23(13-11-22)16(25)6-4-3-5-9-19-14-7-8-15(24(26)27)18-17(14)20-28-21-18/h7-8,19H,2-6,9-13H2,1H3. The first-order valence-corrected chi connectivity index (χ1v) is 9.73. The van der Waals surface area contributed by atoms with Gasteiger partial charge in [0.2, 0.25) is 11.4 Å². The summed E-state index contributed by atoms with van der Waals surface area (Å²) in [6.45, 7) is 7.46. The van der Waals surface area contributed by atoms with Gasteiger partial charge in [0.15, 0.2) is 5.52 Å². The lowest BCUT2D eigenvalue weighted by Gasteiger charge is -2.34. The van der Waals surface area contributed by atoms with E-state index in [1.807, 2.05) is 4.90 Å². The van der Waals surface area contributed by atoms with Crippen LogP contribution >= 0.6 is 0 Å². The first-order chi connectivity index (χ1) is 13.6. The van der Waals surface area contributed by atoms with Gasteiger partial charge in [-0.05, 0) is 35.8 Å². The summed E-state index contributed by atoms with van der Waals surface area (Å²) in [5, 5.41) is 21.6. The second-order valence-electron chi connectivity index (χ2n) is 6.90. The number of rotatable bonds is 9. The predicted molar refractivity (Wildman–Crippen MR) is 104 cm³/mol. The molecule has 1 N–H and O–H groups in total. The quantitative estimate of drug-likeness (QED) is 0.394. The molecule has 1 aliphatic heterocycles. The Hall–Kier alpha value is -2.75. The molecule has 10 heteroatoms. The van der Waals surface area contributed by atoms with E-state index in [2.05, 4.69) is 32.1 Å². The smallest absolute Gasteiger partial charge is 0.300 e. The number of nitro groups is 1. The van der Waals surface area contributed by atoms with Crippen molar-refractivity contribution in [3.63, 3.8) is 0 Å². The molecule has 0 saturated carbocycles. The predicted octanol–water partition coefficient (Wildman–Crippen LogP) is 2.27. The normalized spacial score (nSPS) is 15.1. The number of amides is 1. The number of carbonyl (C=O) groups excluding carboxylic acids is 1. The highest BCUT2D eigenvalue weighted by molar-refractivity contribution is 5.93. The summed E-state index contributed by atoms with van der Waals surface area (Å²) in [5.74, 6) is 0.245. The van der Waals surface area contributed by atoms with E-state index in [1.54, 1.807) is 6.07 Å². The van der Waals surface area contributed by atoms with E-state index in [0.29, 0.717) is 24.2 Å². The summed E-state index contributed by atoms with van der Waals surface area (Å²) >= 11 is 0. The van der Waals surface area contributed by atoms with Crippen LogP contribution in [0.3, 0.4) is 0 Å². The van der Waals surface area contributed by atoms with Gasteiger partial charge in [0.1, 0.15) is 0 Å². The lowest BCUT2D eigenvalue weighted by molar-refractivity contribution is -0.383. The maximum absolute atomic E-state index is 12.3. The average Bonchev–Trinajstić information content (AvgIpc) is 3.20. The second-order valence-corrected chi connectivity index (χ2v) is 6.90. The van der Waals surface area contributed by atoms with E-state index in [1.165, 1.54) is 6.07 Å². The maximum Gasteiger partial charge on any atom is 0.300 e. The fourth-order valence-corrected chi connectivity index (χ4v) is 3.42. The molecule has 1 fully saturated rings. The van der Waals surface area contributed by atoms with Crippen molar-refractivity contribution in [3.05, 3.63) is 22.2 Å². The summed E-state index contributed by atoms with van der Waals surface area (Å²) in [6.07, 6.45) is 3.26. The molecule has 1 amide bonds. The third kappa shape index (κ3) is 4.75. The van der Waals surface area contributed by atoms with Gasteiger partial charge in [-0.1, -0.05) is 13.3 Å². The molecule has 0 aliphatic carbocycles. The number of hydrogen-bond acceptors (Lipinski definition) is 8. The first-order valence-electron chi connectivity index (χ1n) is 9.73. The van der Waals surface area contributed by atoms with Crippen LogP contribution < -0.4 is 5.32 Å². The number of anilines is 1. The number of non-ortho nitro benzene ring substituents is 1. The lowest BCUT2D eigenvalue weighted by atomic mass is 10.1. The Balaban J connectivity index is 1.37. The molecule has 1 aliphatic rings. The van der Waals surface area contributed by atoms with E-state index in [4.69, 9.17) is 0 Å². The highest BCUT2D eigenvalue weighted by Gasteiger charge is 2.20. The topological polar surface area (TPSA) is 118 Å². The minimum Gasteiger partial charge on any atom is -0.383 e. The number of fused-ring (bicyclic) bond motifs is 1. The van der Waals surface area contributed by atoms with E-state index >= 15 is 0 Å². The van der Waals surface area contributed by atoms with Gasteiger partial charge in [0, 0.05) is 45.2 Å². The minimum atomic E-state index is -0.505. The summed E-state index contributed by atoms with van der Waals surface area (Å²) in [5.41, 5.74) is 1.03. The molecule has 0 spiro atoms. The first kappa shape index (κ1) is 20.0. The van der Waals surface area contributed by atoms with Crippen LogP contribution in [0.2, 0.25) is 0 Å². The van der Waals surface area contributed by atoms with Crippen molar-refractivity contribution in [2.45, 2.75) is 32.6 Å². The molecule has 3 rings (SSSR count). The van der Waals surface area contributed by atoms with E-state index in [-0.39, 0.29) is 17.1 Å². The van der Waals surface area contributed by atoms with Gasteiger partial charge in [-0.25, -0.2) is 4.63 Å². The van der Waals surface area contributed by atoms with Crippen LogP contribution in [-0.4, -0.2) is 70.2 Å². The van der Waals surface area contributed by atoms with Crippen molar-refractivity contribution in [1.29, 1.82) is 0 Å². The van der Waals surface area contributed by atoms with E-state index in [0.717, 1.165) is 52.0 Å². The lowest BCUT2D eigenvalue weighted by Crippen LogP contribution is -2.48. The Morgan fingerprint density at radius 3 is 2.64 bits per heavy atom. The van der Waals surface area contributed by atoms with Gasteiger partial charge in [-0.2, -0.15) is 0 Å². The number of unbranched alkanes of at least 4 members (excludes halogenated alkanes) is 2. The van der Waals surface area contributed by atoms with Crippen LogP contribution in [0.1, 0.15) is 32.6 Å². The van der Waals surface area contributed by atoms with Gasteiger partial charge in [-0.15, -0.1) is 0 Å². The van der Waals surface area contributed by atoms with Gasteiger partial charge < -0.3 is 15.1 Å². The summed E-state index contributed by atoms with van der Waals surface area (Å²) < 4.78 is 4.65. The Kier molecular flexibility index (Phi) is 6.75. The van der Waals surface area contributed by atoms with Crippen LogP contribution in [0.4, 0.5) is 11.4 Å². The second kappa shape index (κ2) is 9.45. The molecule has 0 bridgehead atoms. The van der Waals surface area contributed by atoms with Crippen LogP contribution in [0.5, 0.6) is 0 Å². The maximum atomic E-state index is 12.3. The van der Waals surface area contributed by atoms with Crippen molar-refractivity contribution < 1.29 is 14.3 Å². The molecular weight excluding hydrogens is 364 g/mol. The highest BCUT2D eigenvalue weighted by Crippen LogP contribution is 2.28. The monoisotopic (exact) mass is 390 g/mol. The summed E-state index contributed by atoms with van der Waals surface area (Å²) in [4.78, 5) is 27.1. The highest BCUT2D eigenvalue weighted by atomic mass is 16.6. The zero-order chi connectivity index (χ0) is 19.9. The van der Waals surface area contributed by atoms with Crippen molar-refractivity contribution in [2.75, 3.05) is 44.6 Å². The largest absolute Gasteiger partial charge is 0.383 e. The molecule has 0 atom stereocenters. The molecule has 0 radical (unpaired) electrons. The Bertz CT molecular complexity index is 816. The number of nitrogens with one attached hydrogen (secondary N) is 1. The van der Waals surface area contributed by atoms with Gasteiger partial charge in [-0.3, -0.25) is 14.9 Å². The molecule has 1 aromatic heterocycles. The van der Waals surface area contributed by atoms with Crippen LogP contribution in [0, 0.1) is 10.1 Å². The van der Waals surface area contributed by atoms with Gasteiger partial charge in [0.25, 0.3) is 0 Å². The van der Waals surface area contributed by atoms with Crippen molar-refractivity contribution in [1.82, 2.24) is 20.1 Å². The molecule has 2 aromatic rings. The molecule has 0 unspecified atom stereocenters. The molecule has 152 valence electrons. The van der Waals surface area contributed by atoms with Crippen LogP contribution in [0.25, 0.3) is 11.0 Å². The molecule has 28 heavy (non-hydrogen) atoms. The molecule has 1 aromatic carbocycles. The molecule has 1 saturated heterocycles. The van der Waals surface area contributed by atoms with Crippen LogP contribution in [0.15, 0.2) is 16.8 Å². The zero-order valence-electron chi connectivity index (χ0n) is 16.1. The van der Waals surface area contributed by atoms with Crippen molar-refractivity contribution >= 4 is 28.3 Å². The number of hydrogen-bond donors (Lipinski definition) is 1. The average molecular weight is 390 g/mol. The number of nitrogens with zero attached hydrogens (tertiary/aromatic N) is 5. The Labute approximate surface area is 163 Å². The third-order valence-electron chi connectivity index (χ3n) is 5.15. The fourth-order valence-electron chi connectivity index (χ4n) is 3.42. The summed E-state index contributed by atoms with van der Waals surface area (Å²) in [7, 11) is 0. The number of carbonyl (C=O) groups is 1. The number of benzene rings is 1.